The van der Waals surface area contributed by atoms with Gasteiger partial charge in [-0.2, -0.15) is 0 Å². The van der Waals surface area contributed by atoms with Crippen molar-refractivity contribution in [1.82, 2.24) is 0 Å². The molecule has 0 aliphatic rings. The van der Waals surface area contributed by atoms with Gasteiger partial charge in [-0.15, -0.1) is 0 Å². The Labute approximate surface area is 163 Å². The molecule has 2 aromatic carbocycles. The minimum absolute atomic E-state index is 0.137. The second kappa shape index (κ2) is 12.2. The number of rotatable bonds is 12. The van der Waals surface area contributed by atoms with E-state index in [1.807, 2.05) is 19.1 Å². The van der Waals surface area contributed by atoms with E-state index in [0.29, 0.717) is 19.4 Å². The molecule has 0 aliphatic carbocycles. The predicted molar refractivity (Wildman–Crippen MR) is 111 cm³/mol. The number of hydrogen-bond acceptors (Lipinski definition) is 3. The topological polar surface area (TPSA) is 35.5 Å². The van der Waals surface area contributed by atoms with Crippen LogP contribution in [0.1, 0.15) is 57.9 Å². The maximum absolute atomic E-state index is 11.4. The van der Waals surface area contributed by atoms with Gasteiger partial charge in [0.15, 0.2) is 0 Å². The summed E-state index contributed by atoms with van der Waals surface area (Å²) in [5.74, 6) is 0.794. The Morgan fingerprint density at radius 1 is 0.815 bits per heavy atom. The summed E-state index contributed by atoms with van der Waals surface area (Å²) in [6.45, 7) is 5.29. The first-order valence-corrected chi connectivity index (χ1v) is 10.2. The number of hydrogen-bond donors (Lipinski definition) is 0. The summed E-state index contributed by atoms with van der Waals surface area (Å²) in [7, 11) is 0. The Bertz CT molecular complexity index is 659. The Kier molecular flexibility index (Phi) is 9.47. The Morgan fingerprint density at radius 3 is 2.07 bits per heavy atom. The van der Waals surface area contributed by atoms with E-state index in [4.69, 9.17) is 9.47 Å². The molecule has 0 unspecified atom stereocenters. The molecule has 0 radical (unpaired) electrons. The molecular formula is C24H32O3. The largest absolute Gasteiger partial charge is 0.494 e. The van der Waals surface area contributed by atoms with E-state index in [1.54, 1.807) is 0 Å². The summed E-state index contributed by atoms with van der Waals surface area (Å²) in [5, 5.41) is 0. The van der Waals surface area contributed by atoms with Crippen molar-refractivity contribution in [2.24, 2.45) is 0 Å². The van der Waals surface area contributed by atoms with Gasteiger partial charge >= 0.3 is 5.97 Å². The maximum Gasteiger partial charge on any atom is 0.306 e. The van der Waals surface area contributed by atoms with Crippen LogP contribution in [0.2, 0.25) is 0 Å². The van der Waals surface area contributed by atoms with Gasteiger partial charge in [0.2, 0.25) is 0 Å². The summed E-state index contributed by atoms with van der Waals surface area (Å²) in [5.41, 5.74) is 3.48. The number of benzene rings is 2. The van der Waals surface area contributed by atoms with Crippen molar-refractivity contribution in [2.45, 2.75) is 58.8 Å². The summed E-state index contributed by atoms with van der Waals surface area (Å²) >= 11 is 0. The highest BCUT2D eigenvalue weighted by Crippen LogP contribution is 2.23. The van der Waals surface area contributed by atoms with Crippen LogP contribution in [0, 0.1) is 0 Å². The van der Waals surface area contributed by atoms with E-state index in [2.05, 4.69) is 43.3 Å². The van der Waals surface area contributed by atoms with Crippen molar-refractivity contribution in [1.29, 1.82) is 0 Å². The molecule has 3 nitrogen and oxygen atoms in total. The summed E-state index contributed by atoms with van der Waals surface area (Å²) < 4.78 is 10.8. The number of carbonyl (C=O) groups is 1. The highest BCUT2D eigenvalue weighted by molar-refractivity contribution is 5.70. The fraction of sp³-hybridized carbons (Fsp3) is 0.458. The van der Waals surface area contributed by atoms with Crippen LogP contribution >= 0.6 is 0 Å². The lowest BCUT2D eigenvalue weighted by molar-refractivity contribution is -0.143. The van der Waals surface area contributed by atoms with Crippen LogP contribution in [0.3, 0.4) is 0 Å². The number of esters is 1. The van der Waals surface area contributed by atoms with Gasteiger partial charge < -0.3 is 9.47 Å². The lowest BCUT2D eigenvalue weighted by Crippen LogP contribution is -2.05. The zero-order valence-electron chi connectivity index (χ0n) is 16.7. The summed E-state index contributed by atoms with van der Waals surface area (Å²) in [6, 6.07) is 16.6. The molecule has 2 aromatic rings. The van der Waals surface area contributed by atoms with E-state index in [0.717, 1.165) is 24.3 Å². The van der Waals surface area contributed by atoms with Gasteiger partial charge in [0.1, 0.15) is 5.75 Å². The molecule has 0 fully saturated rings. The molecule has 0 heterocycles. The van der Waals surface area contributed by atoms with E-state index in [1.165, 1.54) is 36.8 Å². The molecule has 146 valence electrons. The Morgan fingerprint density at radius 2 is 1.44 bits per heavy atom. The van der Waals surface area contributed by atoms with E-state index >= 15 is 0 Å². The van der Waals surface area contributed by atoms with E-state index < -0.39 is 0 Å². The average Bonchev–Trinajstić information content (AvgIpc) is 2.70. The van der Waals surface area contributed by atoms with Crippen LogP contribution < -0.4 is 4.74 Å². The van der Waals surface area contributed by atoms with Gasteiger partial charge in [-0.1, -0.05) is 69.0 Å². The number of ether oxygens (including phenoxy) is 2. The second-order valence-corrected chi connectivity index (χ2v) is 6.79. The minimum Gasteiger partial charge on any atom is -0.494 e. The first-order valence-electron chi connectivity index (χ1n) is 10.2. The number of unbranched alkanes of at least 4 members (excludes halogenated alkanes) is 4. The Hall–Kier alpha value is -2.29. The standard InChI is InChI=1S/C24H32O3/c1-3-5-6-7-8-19-27-23-16-14-22(15-17-23)21-12-9-20(10-13-21)11-18-24(25)26-4-2/h9-10,12-17H,3-8,11,18-19H2,1-2H3. The predicted octanol–water partition coefficient (Wildman–Crippen LogP) is 6.20. The zero-order chi connectivity index (χ0) is 19.3. The minimum atomic E-state index is -0.137. The smallest absolute Gasteiger partial charge is 0.306 e. The van der Waals surface area contributed by atoms with Gasteiger partial charge in [0.05, 0.1) is 13.2 Å². The first kappa shape index (κ1) is 21.0. The molecular weight excluding hydrogens is 336 g/mol. The van der Waals surface area contributed by atoms with Crippen molar-refractivity contribution in [3.8, 4) is 16.9 Å². The van der Waals surface area contributed by atoms with Gasteiger partial charge in [-0.3, -0.25) is 4.79 Å². The van der Waals surface area contributed by atoms with Crippen LogP contribution in [-0.2, 0) is 16.0 Å². The van der Waals surface area contributed by atoms with E-state index in [-0.39, 0.29) is 5.97 Å². The van der Waals surface area contributed by atoms with Crippen molar-refractivity contribution in [2.75, 3.05) is 13.2 Å². The monoisotopic (exact) mass is 368 g/mol. The molecule has 0 amide bonds. The third-order valence-corrected chi connectivity index (χ3v) is 4.58. The highest BCUT2D eigenvalue weighted by Gasteiger charge is 2.04. The third-order valence-electron chi connectivity index (χ3n) is 4.58. The molecule has 27 heavy (non-hydrogen) atoms. The fourth-order valence-corrected chi connectivity index (χ4v) is 2.98. The van der Waals surface area contributed by atoms with Gasteiger partial charge in [-0.25, -0.2) is 0 Å². The SMILES string of the molecule is CCCCCCCOc1ccc(-c2ccc(CCC(=O)OCC)cc2)cc1. The molecule has 3 heteroatoms. The molecule has 0 saturated heterocycles. The average molecular weight is 369 g/mol. The van der Waals surface area contributed by atoms with Gasteiger partial charge in [0, 0.05) is 6.42 Å². The lowest BCUT2D eigenvalue weighted by Gasteiger charge is -2.08. The molecule has 0 spiro atoms. The highest BCUT2D eigenvalue weighted by atomic mass is 16.5. The summed E-state index contributed by atoms with van der Waals surface area (Å²) in [6.07, 6.45) is 7.39. The molecule has 0 bridgehead atoms. The van der Waals surface area contributed by atoms with Crippen LogP contribution in [0.4, 0.5) is 0 Å². The zero-order valence-corrected chi connectivity index (χ0v) is 16.7. The van der Waals surface area contributed by atoms with Crippen molar-refractivity contribution in [3.05, 3.63) is 54.1 Å². The molecule has 0 N–H and O–H groups in total. The van der Waals surface area contributed by atoms with Gasteiger partial charge in [-0.05, 0) is 48.6 Å². The van der Waals surface area contributed by atoms with Crippen molar-refractivity contribution >= 4 is 5.97 Å². The normalized spacial score (nSPS) is 10.6. The summed E-state index contributed by atoms with van der Waals surface area (Å²) in [4.78, 5) is 11.4. The fourth-order valence-electron chi connectivity index (χ4n) is 2.98. The van der Waals surface area contributed by atoms with Crippen LogP contribution in [-0.4, -0.2) is 19.2 Å². The molecule has 0 aliphatic heterocycles. The molecule has 0 saturated carbocycles. The molecule has 0 aromatic heterocycles. The van der Waals surface area contributed by atoms with E-state index in [9.17, 15) is 4.79 Å². The number of aryl methyl sites for hydroxylation is 1. The van der Waals surface area contributed by atoms with Crippen LogP contribution in [0.5, 0.6) is 5.75 Å². The van der Waals surface area contributed by atoms with Crippen molar-refractivity contribution < 1.29 is 14.3 Å². The van der Waals surface area contributed by atoms with Crippen molar-refractivity contribution in [3.63, 3.8) is 0 Å². The lowest BCUT2D eigenvalue weighted by atomic mass is 10.0. The second-order valence-electron chi connectivity index (χ2n) is 6.79. The third kappa shape index (κ3) is 7.86. The quantitative estimate of drug-likeness (QED) is 0.330. The maximum atomic E-state index is 11.4. The molecule has 0 atom stereocenters. The van der Waals surface area contributed by atoms with Crippen LogP contribution in [0.15, 0.2) is 48.5 Å². The van der Waals surface area contributed by atoms with Crippen LogP contribution in [0.25, 0.3) is 11.1 Å². The number of carbonyl (C=O) groups excluding carboxylic acids is 1. The first-order chi connectivity index (χ1) is 13.2. The van der Waals surface area contributed by atoms with Gasteiger partial charge in [0.25, 0.3) is 0 Å². The Balaban J connectivity index is 1.79. The molecule has 2 rings (SSSR count).